The van der Waals surface area contributed by atoms with Crippen molar-refractivity contribution in [1.29, 1.82) is 0 Å². The molecule has 2 atom stereocenters. The standard InChI is InChI=1S/C23H21F2N3O4S/c24-17(25)11-27-31-12-16-13-33-22-18(26)21(29)28(22)19(16)23(30)32-20(14-7-3-1-4-8-14)15-9-5-2-6-10-15/h1-11,17-18,20,22H,12-13,26H2/t18-,22-/m1/s1. The molecule has 0 unspecified atom stereocenters. The van der Waals surface area contributed by atoms with Gasteiger partial charge in [-0.15, -0.1) is 11.8 Å². The Morgan fingerprint density at radius 1 is 1.15 bits per heavy atom. The lowest BCUT2D eigenvalue weighted by Crippen LogP contribution is -2.68. The zero-order chi connectivity index (χ0) is 23.4. The molecule has 2 aliphatic heterocycles. The number of fused-ring (bicyclic) bond motifs is 1. The van der Waals surface area contributed by atoms with Gasteiger partial charge < -0.3 is 15.3 Å². The first kappa shape index (κ1) is 22.9. The summed E-state index contributed by atoms with van der Waals surface area (Å²) < 4.78 is 30.5. The number of nitrogens with zero attached hydrogens (tertiary/aromatic N) is 2. The van der Waals surface area contributed by atoms with Crippen LogP contribution in [0.2, 0.25) is 0 Å². The molecule has 1 amide bonds. The van der Waals surface area contributed by atoms with Crippen molar-refractivity contribution in [1.82, 2.24) is 4.90 Å². The normalized spacial score (nSPS) is 20.3. The molecule has 4 rings (SSSR count). The average Bonchev–Trinajstić information content (AvgIpc) is 2.85. The van der Waals surface area contributed by atoms with Crippen LogP contribution in [-0.4, -0.2) is 53.2 Å². The van der Waals surface area contributed by atoms with E-state index in [9.17, 15) is 18.4 Å². The molecule has 0 radical (unpaired) electrons. The van der Waals surface area contributed by atoms with Crippen molar-refractivity contribution in [2.24, 2.45) is 10.9 Å². The summed E-state index contributed by atoms with van der Waals surface area (Å²) in [5.41, 5.74) is 7.84. The van der Waals surface area contributed by atoms with Crippen LogP contribution in [-0.2, 0) is 19.2 Å². The molecule has 2 aromatic rings. The number of nitrogens with two attached hydrogens (primary N) is 1. The molecule has 10 heteroatoms. The topological polar surface area (TPSA) is 94.2 Å². The summed E-state index contributed by atoms with van der Waals surface area (Å²) in [6.45, 7) is -0.242. The van der Waals surface area contributed by atoms with Crippen molar-refractivity contribution in [2.45, 2.75) is 23.9 Å². The van der Waals surface area contributed by atoms with Crippen LogP contribution in [0.3, 0.4) is 0 Å². The predicted octanol–water partition coefficient (Wildman–Crippen LogP) is 3.08. The maximum Gasteiger partial charge on any atom is 0.356 e. The van der Waals surface area contributed by atoms with Crippen LogP contribution in [0.5, 0.6) is 0 Å². The van der Waals surface area contributed by atoms with Gasteiger partial charge in [-0.25, -0.2) is 13.6 Å². The number of hydrogen-bond donors (Lipinski definition) is 1. The number of carbonyl (C=O) groups is 2. The number of hydrogen-bond acceptors (Lipinski definition) is 7. The highest BCUT2D eigenvalue weighted by Gasteiger charge is 2.52. The van der Waals surface area contributed by atoms with Crippen molar-refractivity contribution in [3.63, 3.8) is 0 Å². The van der Waals surface area contributed by atoms with Gasteiger partial charge in [-0.05, 0) is 11.1 Å². The highest BCUT2D eigenvalue weighted by atomic mass is 32.2. The first-order valence-corrected chi connectivity index (χ1v) is 11.2. The fourth-order valence-corrected chi connectivity index (χ4v) is 4.90. The second kappa shape index (κ2) is 10.1. The van der Waals surface area contributed by atoms with Crippen molar-refractivity contribution in [2.75, 3.05) is 12.4 Å². The molecule has 0 aliphatic carbocycles. The van der Waals surface area contributed by atoms with Gasteiger partial charge in [0.1, 0.15) is 29.9 Å². The number of thioether (sulfide) groups is 1. The third kappa shape index (κ3) is 4.91. The SMILES string of the molecule is N[C@@H]1C(=O)N2C(C(=O)OC(c3ccccc3)c3ccccc3)=C(CON=CC(F)F)CS[C@H]12. The Morgan fingerprint density at radius 3 is 2.33 bits per heavy atom. The summed E-state index contributed by atoms with van der Waals surface area (Å²) in [5.74, 6) is -0.823. The third-order valence-electron chi connectivity index (χ3n) is 5.20. The molecule has 0 bridgehead atoms. The minimum absolute atomic E-state index is 0.0227. The maximum atomic E-state index is 13.4. The van der Waals surface area contributed by atoms with E-state index in [1.807, 2.05) is 60.7 Å². The molecule has 2 heterocycles. The van der Waals surface area contributed by atoms with E-state index in [4.69, 9.17) is 15.3 Å². The van der Waals surface area contributed by atoms with Crippen LogP contribution in [0.25, 0.3) is 0 Å². The van der Waals surface area contributed by atoms with Gasteiger partial charge >= 0.3 is 5.97 Å². The number of β-lactam (4-membered cyclic amide) rings is 1. The summed E-state index contributed by atoms with van der Waals surface area (Å²) in [6.07, 6.45) is -3.13. The second-order valence-electron chi connectivity index (χ2n) is 7.36. The van der Waals surface area contributed by atoms with E-state index in [2.05, 4.69) is 5.16 Å². The van der Waals surface area contributed by atoms with E-state index in [1.165, 1.54) is 16.7 Å². The molecule has 172 valence electrons. The molecule has 33 heavy (non-hydrogen) atoms. The molecule has 1 saturated heterocycles. The molecular weight excluding hydrogens is 452 g/mol. The molecule has 0 spiro atoms. The van der Waals surface area contributed by atoms with Crippen LogP contribution in [0.15, 0.2) is 77.1 Å². The van der Waals surface area contributed by atoms with E-state index < -0.39 is 35.8 Å². The Hall–Kier alpha value is -3.24. The van der Waals surface area contributed by atoms with Crippen molar-refractivity contribution >= 4 is 29.9 Å². The average molecular weight is 474 g/mol. The van der Waals surface area contributed by atoms with Gasteiger partial charge in [0.15, 0.2) is 6.10 Å². The zero-order valence-electron chi connectivity index (χ0n) is 17.3. The summed E-state index contributed by atoms with van der Waals surface area (Å²) >= 11 is 1.36. The Balaban J connectivity index is 1.64. The summed E-state index contributed by atoms with van der Waals surface area (Å²) in [5, 5.41) is 2.81. The molecule has 1 fully saturated rings. The van der Waals surface area contributed by atoms with E-state index in [-0.39, 0.29) is 12.3 Å². The number of alkyl halides is 2. The number of benzene rings is 2. The molecule has 2 aliphatic rings. The van der Waals surface area contributed by atoms with Gasteiger partial charge in [-0.1, -0.05) is 65.8 Å². The third-order valence-corrected chi connectivity index (χ3v) is 6.56. The fraction of sp³-hybridized carbons (Fsp3) is 0.261. The largest absolute Gasteiger partial charge is 0.448 e. The number of rotatable bonds is 8. The molecule has 7 nitrogen and oxygen atoms in total. The quantitative estimate of drug-likeness (QED) is 0.274. The maximum absolute atomic E-state index is 13.4. The number of ether oxygens (including phenoxy) is 1. The Bertz CT molecular complexity index is 1030. The molecule has 0 aromatic heterocycles. The van der Waals surface area contributed by atoms with Crippen LogP contribution < -0.4 is 5.73 Å². The van der Waals surface area contributed by atoms with E-state index >= 15 is 0 Å². The lowest BCUT2D eigenvalue weighted by molar-refractivity contribution is -0.153. The van der Waals surface area contributed by atoms with E-state index in [1.54, 1.807) is 0 Å². The monoisotopic (exact) mass is 473 g/mol. The van der Waals surface area contributed by atoms with Gasteiger partial charge in [0.05, 0.1) is 0 Å². The zero-order valence-corrected chi connectivity index (χ0v) is 18.2. The number of halogens is 2. The van der Waals surface area contributed by atoms with Crippen LogP contribution in [0, 0.1) is 0 Å². The van der Waals surface area contributed by atoms with Crippen LogP contribution >= 0.6 is 11.8 Å². The van der Waals surface area contributed by atoms with Gasteiger partial charge in [-0.2, -0.15) is 0 Å². The Labute approximate surface area is 193 Å². The van der Waals surface area contributed by atoms with E-state index in [0.717, 1.165) is 11.1 Å². The fourth-order valence-electron chi connectivity index (χ4n) is 3.63. The van der Waals surface area contributed by atoms with Crippen LogP contribution in [0.1, 0.15) is 17.2 Å². The molecule has 2 aromatic carbocycles. The summed E-state index contributed by atoms with van der Waals surface area (Å²) in [4.78, 5) is 32.1. The minimum Gasteiger partial charge on any atom is -0.448 e. The first-order valence-electron chi connectivity index (χ1n) is 10.1. The summed E-state index contributed by atoms with van der Waals surface area (Å²) in [7, 11) is 0. The molecule has 2 N–H and O–H groups in total. The first-order chi connectivity index (χ1) is 16.0. The number of carbonyl (C=O) groups excluding carboxylic acids is 2. The number of amides is 1. The van der Waals surface area contributed by atoms with Gasteiger partial charge in [0.25, 0.3) is 6.43 Å². The van der Waals surface area contributed by atoms with E-state index in [0.29, 0.717) is 17.5 Å². The van der Waals surface area contributed by atoms with Crippen molar-refractivity contribution in [3.8, 4) is 0 Å². The number of oxime groups is 1. The van der Waals surface area contributed by atoms with Crippen molar-refractivity contribution in [3.05, 3.63) is 83.1 Å². The minimum atomic E-state index is -2.76. The highest BCUT2D eigenvalue weighted by Crippen LogP contribution is 2.40. The lowest BCUT2D eigenvalue weighted by Gasteiger charge is -2.48. The van der Waals surface area contributed by atoms with Crippen LogP contribution in [0.4, 0.5) is 8.78 Å². The van der Waals surface area contributed by atoms with Gasteiger partial charge in [-0.3, -0.25) is 9.69 Å². The highest BCUT2D eigenvalue weighted by molar-refractivity contribution is 8.00. The Kier molecular flexibility index (Phi) is 7.05. The Morgan fingerprint density at radius 2 is 1.76 bits per heavy atom. The van der Waals surface area contributed by atoms with Crippen molar-refractivity contribution < 1.29 is 27.9 Å². The lowest BCUT2D eigenvalue weighted by atomic mass is 10.0. The summed E-state index contributed by atoms with van der Waals surface area (Å²) in [6, 6.07) is 17.7. The predicted molar refractivity (Wildman–Crippen MR) is 119 cm³/mol. The number of esters is 1. The van der Waals surface area contributed by atoms with Gasteiger partial charge in [0, 0.05) is 11.3 Å². The molecule has 0 saturated carbocycles. The second-order valence-corrected chi connectivity index (χ2v) is 8.46. The molecular formula is C23H21F2N3O4S. The van der Waals surface area contributed by atoms with Gasteiger partial charge in [0.2, 0.25) is 5.91 Å². The smallest absolute Gasteiger partial charge is 0.356 e.